The summed E-state index contributed by atoms with van der Waals surface area (Å²) in [4.78, 5) is 13.9. The molecule has 0 saturated heterocycles. The predicted octanol–water partition coefficient (Wildman–Crippen LogP) is 6.52. The largest absolute Gasteiger partial charge is 0.370 e. The Kier molecular flexibility index (Phi) is 8.60. The fourth-order valence-electron chi connectivity index (χ4n) is 3.51. The van der Waals surface area contributed by atoms with Gasteiger partial charge in [0.15, 0.2) is 5.82 Å². The molecule has 1 aliphatic rings. The molecule has 3 rings (SSSR count). The van der Waals surface area contributed by atoms with Crippen LogP contribution in [0.2, 0.25) is 0 Å². The summed E-state index contributed by atoms with van der Waals surface area (Å²) in [7, 11) is 0. The van der Waals surface area contributed by atoms with E-state index >= 15 is 0 Å². The minimum Gasteiger partial charge on any atom is -0.370 e. The van der Waals surface area contributed by atoms with Gasteiger partial charge in [0.25, 0.3) is 0 Å². The lowest BCUT2D eigenvalue weighted by Crippen LogP contribution is -2.10. The van der Waals surface area contributed by atoms with Crippen LogP contribution in [-0.2, 0) is 0 Å². The molecule has 0 unspecified atom stereocenters. The first kappa shape index (κ1) is 22.5. The molecule has 2 heterocycles. The fourth-order valence-corrected chi connectivity index (χ4v) is 3.51. The van der Waals surface area contributed by atoms with E-state index in [1.165, 1.54) is 12.0 Å². The van der Waals surface area contributed by atoms with E-state index in [9.17, 15) is 0 Å². The molecule has 0 radical (unpaired) electrons. The number of hydrogen-bond acceptors (Lipinski definition) is 4. The second-order valence-corrected chi connectivity index (χ2v) is 7.68. The van der Waals surface area contributed by atoms with Crippen LogP contribution in [-0.4, -0.2) is 21.5 Å². The zero-order valence-electron chi connectivity index (χ0n) is 18.9. The molecular weight excluding hydrogens is 380 g/mol. The molecule has 0 fully saturated rings. The zero-order chi connectivity index (χ0) is 21.9. The number of pyridine rings is 1. The van der Waals surface area contributed by atoms with Crippen LogP contribution in [0.15, 0.2) is 54.4 Å². The monoisotopic (exact) mass is 412 g/mol. The van der Waals surface area contributed by atoms with Crippen molar-refractivity contribution in [2.45, 2.75) is 59.3 Å². The van der Waals surface area contributed by atoms with Crippen LogP contribution in [0.5, 0.6) is 0 Å². The van der Waals surface area contributed by atoms with Crippen LogP contribution < -0.4 is 5.32 Å². The molecule has 0 aromatic carbocycles. The van der Waals surface area contributed by atoms with Gasteiger partial charge >= 0.3 is 0 Å². The van der Waals surface area contributed by atoms with E-state index in [4.69, 9.17) is 9.97 Å². The summed E-state index contributed by atoms with van der Waals surface area (Å²) in [5, 5.41) is 3.56. The summed E-state index contributed by atoms with van der Waals surface area (Å²) < 4.78 is 0. The van der Waals surface area contributed by atoms with Gasteiger partial charge < -0.3 is 5.32 Å². The molecule has 2 aromatic heterocycles. The number of anilines is 1. The van der Waals surface area contributed by atoms with E-state index in [-0.39, 0.29) is 0 Å². The average Bonchev–Trinajstić information content (AvgIpc) is 2.82. The highest BCUT2D eigenvalue weighted by Crippen LogP contribution is 2.26. The molecule has 0 bridgehead atoms. The Morgan fingerprint density at radius 3 is 2.77 bits per heavy atom. The van der Waals surface area contributed by atoms with E-state index in [2.05, 4.69) is 54.2 Å². The molecule has 4 heteroatoms. The number of rotatable bonds is 8. The Hall–Kier alpha value is -3.19. The molecule has 0 aliphatic heterocycles. The lowest BCUT2D eigenvalue weighted by atomic mass is 10.0. The van der Waals surface area contributed by atoms with Crippen molar-refractivity contribution in [3.63, 3.8) is 0 Å². The van der Waals surface area contributed by atoms with Crippen molar-refractivity contribution in [3.05, 3.63) is 65.7 Å². The SMILES string of the molecule is C/C=C(/C#CCCC)c1nc(-c2ccncc2)nc(NCCCC2=CC=CCC2)c1C. The van der Waals surface area contributed by atoms with Gasteiger partial charge in [-0.05, 0) is 58.1 Å². The maximum absolute atomic E-state index is 4.89. The van der Waals surface area contributed by atoms with Gasteiger partial charge in [0.05, 0.1) is 5.69 Å². The zero-order valence-corrected chi connectivity index (χ0v) is 18.9. The third-order valence-electron chi connectivity index (χ3n) is 5.29. The molecule has 0 spiro atoms. The topological polar surface area (TPSA) is 50.7 Å². The van der Waals surface area contributed by atoms with Crippen LogP contribution in [0.25, 0.3) is 17.0 Å². The number of nitrogens with zero attached hydrogens (tertiary/aromatic N) is 3. The number of nitrogens with one attached hydrogen (secondary N) is 1. The molecule has 1 N–H and O–H groups in total. The van der Waals surface area contributed by atoms with Crippen LogP contribution in [0.4, 0.5) is 5.82 Å². The van der Waals surface area contributed by atoms with E-state index in [0.717, 1.165) is 66.9 Å². The third kappa shape index (κ3) is 6.39. The molecule has 160 valence electrons. The lowest BCUT2D eigenvalue weighted by Gasteiger charge is -2.15. The maximum Gasteiger partial charge on any atom is 0.162 e. The number of unbranched alkanes of at least 4 members (excludes halogenated alkanes) is 1. The average molecular weight is 413 g/mol. The Labute approximate surface area is 186 Å². The summed E-state index contributed by atoms with van der Waals surface area (Å²) in [5.74, 6) is 8.15. The van der Waals surface area contributed by atoms with Crippen molar-refractivity contribution in [1.82, 2.24) is 15.0 Å². The second-order valence-electron chi connectivity index (χ2n) is 7.68. The maximum atomic E-state index is 4.89. The molecular formula is C27H32N4. The molecule has 2 aromatic rings. The van der Waals surface area contributed by atoms with Crippen molar-refractivity contribution in [1.29, 1.82) is 0 Å². The van der Waals surface area contributed by atoms with Gasteiger partial charge in [-0.15, -0.1) is 0 Å². The summed E-state index contributed by atoms with van der Waals surface area (Å²) >= 11 is 0. The Morgan fingerprint density at radius 1 is 1.23 bits per heavy atom. The van der Waals surface area contributed by atoms with Gasteiger partial charge in [0.2, 0.25) is 0 Å². The molecule has 0 amide bonds. The molecule has 0 saturated carbocycles. The summed E-state index contributed by atoms with van der Waals surface area (Å²) in [5.41, 5.74) is 5.37. The highest BCUT2D eigenvalue weighted by Gasteiger charge is 2.14. The standard InChI is InChI=1S/C27H32N4/c1-4-6-8-15-23(5-2)25-21(3)26(29-18-11-14-22-12-9-7-10-13-22)31-27(30-25)24-16-19-28-20-17-24/h5,7,9,12,16-17,19-20H,4,6,10-11,13-14,18H2,1-3H3,(H,29,30,31)/b23-5-. The first-order valence-electron chi connectivity index (χ1n) is 11.3. The van der Waals surface area contributed by atoms with Crippen molar-refractivity contribution < 1.29 is 0 Å². The summed E-state index contributed by atoms with van der Waals surface area (Å²) in [6.45, 7) is 7.11. The molecule has 0 atom stereocenters. The summed E-state index contributed by atoms with van der Waals surface area (Å²) in [6.07, 6.45) is 18.7. The van der Waals surface area contributed by atoms with Crippen LogP contribution in [0.3, 0.4) is 0 Å². The number of hydrogen-bond donors (Lipinski definition) is 1. The molecule has 1 aliphatic carbocycles. The van der Waals surface area contributed by atoms with Gasteiger partial charge in [-0.25, -0.2) is 9.97 Å². The van der Waals surface area contributed by atoms with E-state index < -0.39 is 0 Å². The van der Waals surface area contributed by atoms with Crippen molar-refractivity contribution in [3.8, 4) is 23.2 Å². The molecule has 4 nitrogen and oxygen atoms in total. The van der Waals surface area contributed by atoms with E-state index in [1.54, 1.807) is 12.4 Å². The Balaban J connectivity index is 1.85. The molecule has 31 heavy (non-hydrogen) atoms. The van der Waals surface area contributed by atoms with Gasteiger partial charge in [-0.2, -0.15) is 0 Å². The predicted molar refractivity (Wildman–Crippen MR) is 131 cm³/mol. The van der Waals surface area contributed by atoms with E-state index in [0.29, 0.717) is 5.82 Å². The van der Waals surface area contributed by atoms with Crippen molar-refractivity contribution >= 4 is 11.4 Å². The highest BCUT2D eigenvalue weighted by atomic mass is 15.0. The van der Waals surface area contributed by atoms with Gasteiger partial charge in [-0.1, -0.05) is 48.6 Å². The lowest BCUT2D eigenvalue weighted by molar-refractivity contribution is 0.791. The van der Waals surface area contributed by atoms with Crippen LogP contribution in [0.1, 0.15) is 63.6 Å². The van der Waals surface area contributed by atoms with Gasteiger partial charge in [-0.3, -0.25) is 4.98 Å². The minimum absolute atomic E-state index is 0.697. The quantitative estimate of drug-likeness (QED) is 0.396. The van der Waals surface area contributed by atoms with Crippen LogP contribution in [0, 0.1) is 18.8 Å². The Bertz CT molecular complexity index is 1020. The Morgan fingerprint density at radius 2 is 2.06 bits per heavy atom. The summed E-state index contributed by atoms with van der Waals surface area (Å²) in [6, 6.07) is 3.89. The highest BCUT2D eigenvalue weighted by molar-refractivity contribution is 5.81. The van der Waals surface area contributed by atoms with Crippen molar-refractivity contribution in [2.75, 3.05) is 11.9 Å². The van der Waals surface area contributed by atoms with Crippen molar-refractivity contribution in [2.24, 2.45) is 0 Å². The number of aromatic nitrogens is 3. The third-order valence-corrected chi connectivity index (χ3v) is 5.29. The van der Waals surface area contributed by atoms with E-state index in [1.807, 2.05) is 25.1 Å². The van der Waals surface area contributed by atoms with Gasteiger partial charge in [0, 0.05) is 42.1 Å². The second kappa shape index (κ2) is 11.9. The first-order valence-corrected chi connectivity index (χ1v) is 11.3. The van der Waals surface area contributed by atoms with Gasteiger partial charge in [0.1, 0.15) is 5.82 Å². The van der Waals surface area contributed by atoms with Crippen LogP contribution >= 0.6 is 0 Å². The number of allylic oxidation sites excluding steroid dienone is 6. The normalized spacial score (nSPS) is 13.4. The fraction of sp³-hybridized carbons (Fsp3) is 0.370. The smallest absolute Gasteiger partial charge is 0.162 e. The first-order chi connectivity index (χ1) is 15.2. The minimum atomic E-state index is 0.697.